The van der Waals surface area contributed by atoms with Gasteiger partial charge in [-0.3, -0.25) is 4.79 Å². The average molecular weight is 305 g/mol. The largest absolute Gasteiger partial charge is 0.356 e. The first-order valence-corrected chi connectivity index (χ1v) is 7.10. The second-order valence-corrected chi connectivity index (χ2v) is 5.19. The van der Waals surface area contributed by atoms with Crippen LogP contribution in [0, 0.1) is 11.3 Å². The zero-order valence-electron chi connectivity index (χ0n) is 12.6. The molecule has 6 heteroatoms. The Morgan fingerprint density at radius 3 is 2.78 bits per heavy atom. The number of rotatable bonds is 4. The predicted molar refractivity (Wildman–Crippen MR) is 84.9 cm³/mol. The van der Waals surface area contributed by atoms with Gasteiger partial charge >= 0.3 is 0 Å². The summed E-state index contributed by atoms with van der Waals surface area (Å²) in [6, 6.07) is 13.3. The number of nitriles is 1. The van der Waals surface area contributed by atoms with E-state index in [-0.39, 0.29) is 5.91 Å². The average Bonchev–Trinajstić information content (AvgIpc) is 3.26. The van der Waals surface area contributed by atoms with Crippen LogP contribution in [0.2, 0.25) is 0 Å². The van der Waals surface area contributed by atoms with Crippen molar-refractivity contribution < 1.29 is 4.79 Å². The number of amides is 1. The second-order valence-electron chi connectivity index (χ2n) is 5.19. The molecule has 0 spiro atoms. The number of H-pyrrole nitrogens is 1. The Kier molecular flexibility index (Phi) is 3.93. The van der Waals surface area contributed by atoms with E-state index in [2.05, 4.69) is 10.1 Å². The minimum absolute atomic E-state index is 0.150. The first-order chi connectivity index (χ1) is 11.2. The highest BCUT2D eigenvalue weighted by atomic mass is 16.2. The van der Waals surface area contributed by atoms with E-state index in [0.29, 0.717) is 17.8 Å². The van der Waals surface area contributed by atoms with E-state index in [9.17, 15) is 4.79 Å². The lowest BCUT2D eigenvalue weighted by Gasteiger charge is -2.16. The van der Waals surface area contributed by atoms with Crippen molar-refractivity contribution in [2.24, 2.45) is 0 Å². The van der Waals surface area contributed by atoms with E-state index in [4.69, 9.17) is 5.26 Å². The molecule has 0 unspecified atom stereocenters. The quantitative estimate of drug-likeness (QED) is 0.803. The molecule has 114 valence electrons. The minimum atomic E-state index is -0.150. The van der Waals surface area contributed by atoms with Crippen molar-refractivity contribution in [3.8, 4) is 11.8 Å². The van der Waals surface area contributed by atoms with Gasteiger partial charge in [0, 0.05) is 32.2 Å². The molecular weight excluding hydrogens is 290 g/mol. The number of nitrogens with one attached hydrogen (secondary N) is 1. The summed E-state index contributed by atoms with van der Waals surface area (Å²) >= 11 is 0. The Balaban J connectivity index is 1.69. The van der Waals surface area contributed by atoms with Crippen LogP contribution in [0.1, 0.15) is 21.6 Å². The monoisotopic (exact) mass is 305 g/mol. The van der Waals surface area contributed by atoms with Gasteiger partial charge in [0.15, 0.2) is 0 Å². The molecule has 6 nitrogen and oxygen atoms in total. The number of aromatic amines is 1. The first kappa shape index (κ1) is 14.6. The number of aromatic nitrogens is 3. The maximum absolute atomic E-state index is 12.3. The van der Waals surface area contributed by atoms with Gasteiger partial charge in [-0.25, -0.2) is 4.68 Å². The summed E-state index contributed by atoms with van der Waals surface area (Å²) in [5.74, 6) is -0.150. The molecule has 0 radical (unpaired) electrons. The third-order valence-corrected chi connectivity index (χ3v) is 3.51. The summed E-state index contributed by atoms with van der Waals surface area (Å²) in [6.07, 6.45) is 5.13. The van der Waals surface area contributed by atoms with E-state index < -0.39 is 0 Å². The lowest BCUT2D eigenvalue weighted by atomic mass is 10.2. The number of carbonyl (C=O) groups excluding carboxylic acids is 1. The van der Waals surface area contributed by atoms with Gasteiger partial charge in [0.25, 0.3) is 5.91 Å². The van der Waals surface area contributed by atoms with Crippen LogP contribution in [0.5, 0.6) is 0 Å². The van der Waals surface area contributed by atoms with Crippen LogP contribution >= 0.6 is 0 Å². The summed E-state index contributed by atoms with van der Waals surface area (Å²) in [5, 5.41) is 13.0. The van der Waals surface area contributed by atoms with Crippen molar-refractivity contribution in [2.75, 3.05) is 7.05 Å². The van der Waals surface area contributed by atoms with E-state index in [1.807, 2.05) is 42.6 Å². The van der Waals surface area contributed by atoms with Crippen LogP contribution < -0.4 is 0 Å². The van der Waals surface area contributed by atoms with Crippen LogP contribution in [0.25, 0.3) is 5.69 Å². The molecule has 2 aromatic heterocycles. The lowest BCUT2D eigenvalue weighted by Crippen LogP contribution is -2.26. The summed E-state index contributed by atoms with van der Waals surface area (Å²) in [6.45, 7) is 0.485. The Morgan fingerprint density at radius 2 is 2.17 bits per heavy atom. The first-order valence-electron chi connectivity index (χ1n) is 7.10. The SMILES string of the molecule is CN(Cc1ccc(-n2cccn2)cc1)C(=O)c1cc(C#N)c[nH]1. The maximum Gasteiger partial charge on any atom is 0.270 e. The highest BCUT2D eigenvalue weighted by molar-refractivity contribution is 5.92. The topological polar surface area (TPSA) is 77.7 Å². The molecule has 0 bridgehead atoms. The number of benzene rings is 1. The lowest BCUT2D eigenvalue weighted by molar-refractivity contribution is 0.0780. The maximum atomic E-state index is 12.3. The third-order valence-electron chi connectivity index (χ3n) is 3.51. The summed E-state index contributed by atoms with van der Waals surface area (Å²) in [4.78, 5) is 16.7. The highest BCUT2D eigenvalue weighted by Crippen LogP contribution is 2.12. The molecule has 1 aromatic carbocycles. The van der Waals surface area contributed by atoms with Crippen molar-refractivity contribution in [2.45, 2.75) is 6.54 Å². The second kappa shape index (κ2) is 6.20. The molecule has 0 aliphatic rings. The van der Waals surface area contributed by atoms with Crippen molar-refractivity contribution in [1.29, 1.82) is 5.26 Å². The van der Waals surface area contributed by atoms with Gasteiger partial charge in [-0.15, -0.1) is 0 Å². The predicted octanol–water partition coefficient (Wildman–Crippen LogP) is 2.34. The Labute approximate surface area is 133 Å². The molecular formula is C17H15N5O. The molecule has 0 aliphatic heterocycles. The molecule has 3 aromatic rings. The standard InChI is InChI=1S/C17H15N5O/c1-21(17(23)16-9-14(10-18)11-19-16)12-13-3-5-15(6-4-13)22-8-2-7-20-22/h2-9,11,19H,12H2,1H3. The summed E-state index contributed by atoms with van der Waals surface area (Å²) in [5.41, 5.74) is 2.85. The molecule has 23 heavy (non-hydrogen) atoms. The fraction of sp³-hybridized carbons (Fsp3) is 0.118. The van der Waals surface area contributed by atoms with E-state index >= 15 is 0 Å². The molecule has 0 saturated heterocycles. The Morgan fingerprint density at radius 1 is 1.39 bits per heavy atom. The molecule has 0 fully saturated rings. The zero-order chi connectivity index (χ0) is 16.2. The van der Waals surface area contributed by atoms with Gasteiger partial charge in [-0.1, -0.05) is 12.1 Å². The van der Waals surface area contributed by atoms with Crippen molar-refractivity contribution >= 4 is 5.91 Å². The van der Waals surface area contributed by atoms with Crippen LogP contribution in [0.4, 0.5) is 0 Å². The van der Waals surface area contributed by atoms with Gasteiger partial charge < -0.3 is 9.88 Å². The van der Waals surface area contributed by atoms with Crippen molar-refractivity contribution in [1.82, 2.24) is 19.7 Å². The summed E-state index contributed by atoms with van der Waals surface area (Å²) < 4.78 is 1.78. The van der Waals surface area contributed by atoms with Gasteiger partial charge in [-0.2, -0.15) is 10.4 Å². The molecule has 0 aliphatic carbocycles. The van der Waals surface area contributed by atoms with E-state index in [1.54, 1.807) is 28.9 Å². The number of hydrogen-bond donors (Lipinski definition) is 1. The van der Waals surface area contributed by atoms with Crippen LogP contribution in [-0.2, 0) is 6.54 Å². The van der Waals surface area contributed by atoms with Crippen LogP contribution in [0.3, 0.4) is 0 Å². The van der Waals surface area contributed by atoms with Crippen LogP contribution in [-0.4, -0.2) is 32.6 Å². The molecule has 1 N–H and O–H groups in total. The smallest absolute Gasteiger partial charge is 0.270 e. The highest BCUT2D eigenvalue weighted by Gasteiger charge is 2.14. The third kappa shape index (κ3) is 3.14. The van der Waals surface area contributed by atoms with Crippen molar-refractivity contribution in [3.63, 3.8) is 0 Å². The molecule has 3 rings (SSSR count). The number of nitrogens with zero attached hydrogens (tertiary/aromatic N) is 4. The normalized spacial score (nSPS) is 10.3. The van der Waals surface area contributed by atoms with E-state index in [0.717, 1.165) is 11.3 Å². The van der Waals surface area contributed by atoms with Gasteiger partial charge in [-0.05, 0) is 29.8 Å². The van der Waals surface area contributed by atoms with Gasteiger partial charge in [0.1, 0.15) is 11.8 Å². The molecule has 1 amide bonds. The number of carbonyl (C=O) groups is 1. The molecule has 0 atom stereocenters. The summed E-state index contributed by atoms with van der Waals surface area (Å²) in [7, 11) is 1.73. The molecule has 0 saturated carbocycles. The van der Waals surface area contributed by atoms with Gasteiger partial charge in [0.2, 0.25) is 0 Å². The zero-order valence-corrected chi connectivity index (χ0v) is 12.6. The minimum Gasteiger partial charge on any atom is -0.356 e. The fourth-order valence-corrected chi connectivity index (χ4v) is 2.31. The fourth-order valence-electron chi connectivity index (χ4n) is 2.31. The van der Waals surface area contributed by atoms with Gasteiger partial charge in [0.05, 0.1) is 11.3 Å². The molecule has 2 heterocycles. The Bertz CT molecular complexity index is 840. The van der Waals surface area contributed by atoms with Crippen molar-refractivity contribution in [3.05, 3.63) is 71.8 Å². The Hall–Kier alpha value is -3.33. The number of hydrogen-bond acceptors (Lipinski definition) is 3. The van der Waals surface area contributed by atoms with E-state index in [1.165, 1.54) is 6.20 Å². The van der Waals surface area contributed by atoms with Crippen LogP contribution in [0.15, 0.2) is 55.0 Å².